The lowest BCUT2D eigenvalue weighted by molar-refractivity contribution is -0.138. The third kappa shape index (κ3) is 3.37. The normalized spacial score (nSPS) is 11.4. The van der Waals surface area contributed by atoms with Crippen LogP contribution in [0.15, 0.2) is 40.9 Å². The van der Waals surface area contributed by atoms with Crippen LogP contribution in [-0.2, 0) is 6.18 Å². The second-order valence-corrected chi connectivity index (χ2v) is 5.25. The summed E-state index contributed by atoms with van der Waals surface area (Å²) in [4.78, 5) is 0. The zero-order chi connectivity index (χ0) is 14.9. The van der Waals surface area contributed by atoms with Gasteiger partial charge in [-0.25, -0.2) is 0 Å². The van der Waals surface area contributed by atoms with Crippen LogP contribution in [0.2, 0.25) is 5.02 Å². The number of ether oxygens (including phenoxy) is 1. The van der Waals surface area contributed by atoms with E-state index < -0.39 is 11.7 Å². The molecule has 0 atom stereocenters. The molecule has 0 aliphatic carbocycles. The Kier molecular flexibility index (Phi) is 4.15. The molecule has 0 saturated carbocycles. The second kappa shape index (κ2) is 5.54. The average Bonchev–Trinajstić information content (AvgIpc) is 2.33. The Morgan fingerprint density at radius 3 is 2.30 bits per heavy atom. The molecule has 0 aliphatic heterocycles. The Bertz CT molecular complexity index is 646. The van der Waals surface area contributed by atoms with E-state index >= 15 is 0 Å². The lowest BCUT2D eigenvalue weighted by atomic mass is 10.2. The number of anilines is 1. The van der Waals surface area contributed by atoms with Crippen LogP contribution in [0.1, 0.15) is 5.56 Å². The van der Waals surface area contributed by atoms with E-state index in [1.54, 1.807) is 0 Å². The van der Waals surface area contributed by atoms with Gasteiger partial charge in [0.2, 0.25) is 0 Å². The molecule has 0 fully saturated rings. The molecule has 0 spiro atoms. The minimum Gasteiger partial charge on any atom is -0.455 e. The third-order valence-electron chi connectivity index (χ3n) is 2.42. The number of nitrogens with two attached hydrogens (primary N) is 1. The van der Waals surface area contributed by atoms with Gasteiger partial charge in [-0.05, 0) is 36.4 Å². The van der Waals surface area contributed by atoms with Crippen molar-refractivity contribution in [1.29, 1.82) is 0 Å². The topological polar surface area (TPSA) is 35.2 Å². The second-order valence-electron chi connectivity index (χ2n) is 3.93. The van der Waals surface area contributed by atoms with Crippen LogP contribution < -0.4 is 10.5 Å². The molecule has 2 nitrogen and oxygen atoms in total. The minimum atomic E-state index is -4.53. The Morgan fingerprint density at radius 2 is 1.70 bits per heavy atom. The van der Waals surface area contributed by atoms with Gasteiger partial charge >= 0.3 is 6.18 Å². The van der Waals surface area contributed by atoms with E-state index in [0.717, 1.165) is 6.07 Å². The monoisotopic (exact) mass is 365 g/mol. The van der Waals surface area contributed by atoms with Crippen molar-refractivity contribution in [3.63, 3.8) is 0 Å². The summed E-state index contributed by atoms with van der Waals surface area (Å²) in [6, 6.07) is 7.94. The fourth-order valence-corrected chi connectivity index (χ4v) is 2.12. The van der Waals surface area contributed by atoms with Gasteiger partial charge in [-0.1, -0.05) is 27.5 Å². The van der Waals surface area contributed by atoms with Crippen molar-refractivity contribution in [2.45, 2.75) is 6.18 Å². The summed E-state index contributed by atoms with van der Waals surface area (Å²) in [6.07, 6.45) is -4.53. The fourth-order valence-electron chi connectivity index (χ4n) is 1.53. The van der Waals surface area contributed by atoms with Crippen molar-refractivity contribution >= 4 is 33.2 Å². The van der Waals surface area contributed by atoms with Crippen LogP contribution in [0.5, 0.6) is 11.5 Å². The SMILES string of the molecule is Nc1ccc(Oc2ccc(Br)cc2C(F)(F)F)c(Cl)c1. The lowest BCUT2D eigenvalue weighted by Crippen LogP contribution is -2.07. The highest BCUT2D eigenvalue weighted by Crippen LogP contribution is 2.41. The molecule has 2 N–H and O–H groups in total. The van der Waals surface area contributed by atoms with Crippen LogP contribution in [0.25, 0.3) is 0 Å². The summed E-state index contributed by atoms with van der Waals surface area (Å²) < 4.78 is 44.4. The highest BCUT2D eigenvalue weighted by molar-refractivity contribution is 9.10. The molecule has 0 radical (unpaired) electrons. The van der Waals surface area contributed by atoms with E-state index in [0.29, 0.717) is 10.2 Å². The van der Waals surface area contributed by atoms with Crippen molar-refractivity contribution in [3.05, 3.63) is 51.5 Å². The number of alkyl halides is 3. The van der Waals surface area contributed by atoms with Gasteiger partial charge in [0.1, 0.15) is 11.5 Å². The van der Waals surface area contributed by atoms with Crippen LogP contribution in [0.4, 0.5) is 18.9 Å². The molecule has 2 aromatic carbocycles. The van der Waals surface area contributed by atoms with E-state index in [9.17, 15) is 13.2 Å². The predicted molar refractivity (Wildman–Crippen MR) is 75.1 cm³/mol. The Labute approximate surface area is 126 Å². The largest absolute Gasteiger partial charge is 0.455 e. The first-order chi connectivity index (χ1) is 9.27. The third-order valence-corrected chi connectivity index (χ3v) is 3.21. The van der Waals surface area contributed by atoms with Gasteiger partial charge < -0.3 is 10.5 Å². The van der Waals surface area contributed by atoms with Crippen LogP contribution in [-0.4, -0.2) is 0 Å². The first kappa shape index (κ1) is 15.0. The van der Waals surface area contributed by atoms with Gasteiger partial charge in [0.05, 0.1) is 10.6 Å². The summed E-state index contributed by atoms with van der Waals surface area (Å²) in [5, 5.41) is 0.140. The minimum absolute atomic E-state index is 0.105. The highest BCUT2D eigenvalue weighted by Gasteiger charge is 2.34. The van der Waals surface area contributed by atoms with E-state index in [4.69, 9.17) is 22.1 Å². The van der Waals surface area contributed by atoms with E-state index in [-0.39, 0.29) is 16.5 Å². The van der Waals surface area contributed by atoms with E-state index in [2.05, 4.69) is 15.9 Å². The Hall–Kier alpha value is -1.40. The molecule has 0 heterocycles. The van der Waals surface area contributed by atoms with Gasteiger partial charge in [-0.3, -0.25) is 0 Å². The predicted octanol–water partition coefficient (Wildman–Crippen LogP) is 5.50. The van der Waals surface area contributed by atoms with Crippen LogP contribution in [0.3, 0.4) is 0 Å². The molecule has 0 aliphatic rings. The van der Waals surface area contributed by atoms with Crippen LogP contribution >= 0.6 is 27.5 Å². The molecule has 2 rings (SSSR count). The fraction of sp³-hybridized carbons (Fsp3) is 0.0769. The number of benzene rings is 2. The standard InChI is InChI=1S/C13H8BrClF3NO/c14-7-1-3-11(9(5-7)13(16,17)18)20-12-4-2-8(19)6-10(12)15/h1-6H,19H2. The molecule has 0 amide bonds. The quantitative estimate of drug-likeness (QED) is 0.713. The lowest BCUT2D eigenvalue weighted by Gasteiger charge is -2.15. The number of hydrogen-bond acceptors (Lipinski definition) is 2. The molecule has 0 unspecified atom stereocenters. The van der Waals surface area contributed by atoms with Crippen molar-refractivity contribution < 1.29 is 17.9 Å². The molecule has 106 valence electrons. The molecule has 7 heteroatoms. The number of rotatable bonds is 2. The highest BCUT2D eigenvalue weighted by atomic mass is 79.9. The van der Waals surface area contributed by atoms with Gasteiger partial charge in [-0.2, -0.15) is 13.2 Å². The Balaban J connectivity index is 2.43. The molecule has 2 aromatic rings. The maximum atomic E-state index is 12.9. The summed E-state index contributed by atoms with van der Waals surface area (Å²) in [6.45, 7) is 0. The average molecular weight is 367 g/mol. The van der Waals surface area contributed by atoms with Gasteiger partial charge in [0, 0.05) is 10.2 Å². The molecule has 0 aromatic heterocycles. The molecule has 20 heavy (non-hydrogen) atoms. The first-order valence-electron chi connectivity index (χ1n) is 5.37. The first-order valence-corrected chi connectivity index (χ1v) is 6.54. The number of halogens is 5. The van der Waals surface area contributed by atoms with Crippen molar-refractivity contribution in [3.8, 4) is 11.5 Å². The maximum Gasteiger partial charge on any atom is 0.420 e. The van der Waals surface area contributed by atoms with Crippen molar-refractivity contribution in [2.24, 2.45) is 0 Å². The number of hydrogen-bond donors (Lipinski definition) is 1. The number of nitrogen functional groups attached to an aromatic ring is 1. The molecule has 0 saturated heterocycles. The van der Waals surface area contributed by atoms with Gasteiger partial charge in [-0.15, -0.1) is 0 Å². The summed E-state index contributed by atoms with van der Waals surface area (Å²) in [5.41, 5.74) is 5.02. The molecule has 0 bridgehead atoms. The zero-order valence-corrected chi connectivity index (χ0v) is 12.2. The maximum absolute atomic E-state index is 12.9. The van der Waals surface area contributed by atoms with Crippen molar-refractivity contribution in [2.75, 3.05) is 5.73 Å². The van der Waals surface area contributed by atoms with E-state index in [1.165, 1.54) is 30.3 Å². The zero-order valence-electron chi connectivity index (χ0n) is 9.84. The van der Waals surface area contributed by atoms with Crippen LogP contribution in [0, 0.1) is 0 Å². The molecular formula is C13H8BrClF3NO. The Morgan fingerprint density at radius 1 is 1.05 bits per heavy atom. The van der Waals surface area contributed by atoms with Gasteiger partial charge in [0.25, 0.3) is 0 Å². The van der Waals surface area contributed by atoms with Gasteiger partial charge in [0.15, 0.2) is 0 Å². The van der Waals surface area contributed by atoms with E-state index in [1.807, 2.05) is 0 Å². The summed E-state index contributed by atoms with van der Waals surface area (Å²) in [5.74, 6) is -0.221. The van der Waals surface area contributed by atoms with Crippen molar-refractivity contribution in [1.82, 2.24) is 0 Å². The summed E-state index contributed by atoms with van der Waals surface area (Å²) in [7, 11) is 0. The smallest absolute Gasteiger partial charge is 0.420 e. The molecular weight excluding hydrogens is 358 g/mol. The summed E-state index contributed by atoms with van der Waals surface area (Å²) >= 11 is 8.88.